The number of fused-ring (bicyclic) bond motifs is 3. The third-order valence-electron chi connectivity index (χ3n) is 8.44. The molecule has 0 aliphatic heterocycles. The monoisotopic (exact) mass is 601 g/mol. The number of ether oxygens (including phenoxy) is 1. The Morgan fingerprint density at radius 3 is 2.42 bits per heavy atom. The normalized spacial score (nSPS) is 25.0. The zero-order valence-electron chi connectivity index (χ0n) is 24.9. The van der Waals surface area contributed by atoms with Crippen LogP contribution < -0.4 is 21.3 Å². The summed E-state index contributed by atoms with van der Waals surface area (Å²) in [6, 6.07) is 0.399. The summed E-state index contributed by atoms with van der Waals surface area (Å²) in [5, 5.41) is 51.2. The number of benzene rings is 1. The highest BCUT2D eigenvalue weighted by Crippen LogP contribution is 2.54. The average molecular weight is 602 g/mol. The van der Waals surface area contributed by atoms with Crippen LogP contribution in [0.25, 0.3) is 5.76 Å². The van der Waals surface area contributed by atoms with Gasteiger partial charge < -0.3 is 46.4 Å². The van der Waals surface area contributed by atoms with Crippen LogP contribution in [0.4, 0.5) is 11.4 Å². The van der Waals surface area contributed by atoms with Gasteiger partial charge in [-0.1, -0.05) is 0 Å². The molecule has 43 heavy (non-hydrogen) atoms. The van der Waals surface area contributed by atoms with E-state index in [1.54, 1.807) is 46.3 Å². The summed E-state index contributed by atoms with van der Waals surface area (Å²) >= 11 is 0. The number of ketones is 2. The quantitative estimate of drug-likeness (QED) is 0.104. The van der Waals surface area contributed by atoms with Crippen molar-refractivity contribution in [2.45, 2.75) is 30.9 Å². The van der Waals surface area contributed by atoms with Crippen LogP contribution in [0.3, 0.4) is 0 Å². The third-order valence-corrected chi connectivity index (χ3v) is 8.44. The molecule has 3 aliphatic rings. The molecule has 0 aromatic heterocycles. The standard InChI is InChI=1S/C29H39N5O9/c1-33(2)17-11-16(32-18(35)12-31-7-6-8-43-5)23(36)20-14(17)9-13-10-15-22(34(3)4)25(38)21(28(30)41)27(40)29(15,42)26(39)19(13)24(20)37/h11,13,15,22,31,36-37,40,42H,6-10,12H2,1-5H3,(H2,30,41)(H,32,35)/t13?,15?,22-,29?/m0/s1. The molecule has 14 heteroatoms. The molecule has 4 atom stereocenters. The predicted octanol–water partition coefficient (Wildman–Crippen LogP) is -0.405. The molecule has 4 rings (SSSR count). The van der Waals surface area contributed by atoms with Crippen LogP contribution in [0, 0.1) is 11.8 Å². The summed E-state index contributed by atoms with van der Waals surface area (Å²) in [4.78, 5) is 55.3. The van der Waals surface area contributed by atoms with Crippen LogP contribution in [0.2, 0.25) is 0 Å². The minimum atomic E-state index is -2.73. The van der Waals surface area contributed by atoms with E-state index in [1.165, 1.54) is 4.90 Å². The van der Waals surface area contributed by atoms with Crippen molar-refractivity contribution in [3.05, 3.63) is 34.1 Å². The first-order valence-corrected chi connectivity index (χ1v) is 13.9. The number of likely N-dealkylation sites (N-methyl/N-ethyl adjacent to an activating group) is 1. The number of aliphatic hydroxyl groups excluding tert-OH is 2. The molecule has 3 aliphatic carbocycles. The lowest BCUT2D eigenvalue weighted by Gasteiger charge is -2.50. The van der Waals surface area contributed by atoms with Gasteiger partial charge in [-0.25, -0.2) is 0 Å². The fourth-order valence-corrected chi connectivity index (χ4v) is 6.52. The van der Waals surface area contributed by atoms with Gasteiger partial charge in [0.05, 0.1) is 23.8 Å². The van der Waals surface area contributed by atoms with Gasteiger partial charge in [0.2, 0.25) is 11.7 Å². The highest BCUT2D eigenvalue weighted by molar-refractivity contribution is 6.24. The molecule has 1 aromatic carbocycles. The van der Waals surface area contributed by atoms with Crippen molar-refractivity contribution < 1.29 is 44.3 Å². The van der Waals surface area contributed by atoms with E-state index in [4.69, 9.17) is 10.5 Å². The van der Waals surface area contributed by atoms with Crippen molar-refractivity contribution >= 4 is 40.5 Å². The zero-order valence-corrected chi connectivity index (χ0v) is 24.9. The van der Waals surface area contributed by atoms with E-state index in [0.29, 0.717) is 30.8 Å². The maximum atomic E-state index is 14.1. The zero-order chi connectivity index (χ0) is 32.0. The maximum Gasteiger partial charge on any atom is 0.255 e. The SMILES string of the molecule is COCCCNCC(=O)Nc1cc(N(C)C)c2c(c1O)C(O)=C1C(=O)C3(O)C(O)=C(C(N)=O)C(=O)[C@@H](N(C)C)C3CC1C2. The first-order chi connectivity index (χ1) is 20.2. The molecule has 234 valence electrons. The van der Waals surface area contributed by atoms with Gasteiger partial charge in [0.1, 0.15) is 22.8 Å². The Labute approximate surface area is 248 Å². The number of hydrogen-bond donors (Lipinski definition) is 7. The predicted molar refractivity (Wildman–Crippen MR) is 157 cm³/mol. The number of carbonyl (C=O) groups excluding carboxylic acids is 4. The van der Waals surface area contributed by atoms with Crippen LogP contribution in [-0.4, -0.2) is 115 Å². The number of aliphatic hydroxyl groups is 3. The van der Waals surface area contributed by atoms with E-state index < -0.39 is 69.7 Å². The van der Waals surface area contributed by atoms with Gasteiger partial charge in [0, 0.05) is 45.0 Å². The molecule has 0 saturated heterocycles. The number of nitrogens with zero attached hydrogens (tertiary/aromatic N) is 2. The van der Waals surface area contributed by atoms with Gasteiger partial charge in [-0.2, -0.15) is 0 Å². The van der Waals surface area contributed by atoms with Crippen LogP contribution >= 0.6 is 0 Å². The minimum absolute atomic E-state index is 0.00807. The number of hydrogen-bond acceptors (Lipinski definition) is 12. The first-order valence-electron chi connectivity index (χ1n) is 13.9. The molecular weight excluding hydrogens is 562 g/mol. The smallest absolute Gasteiger partial charge is 0.255 e. The summed E-state index contributed by atoms with van der Waals surface area (Å²) in [6.45, 7) is 0.998. The highest BCUT2D eigenvalue weighted by Gasteiger charge is 2.64. The Hall–Kier alpha value is -3.98. The largest absolute Gasteiger partial charge is 0.508 e. The fourth-order valence-electron chi connectivity index (χ4n) is 6.52. The van der Waals surface area contributed by atoms with E-state index in [1.807, 2.05) is 0 Å². The average Bonchev–Trinajstić information content (AvgIpc) is 2.91. The second-order valence-corrected chi connectivity index (χ2v) is 11.6. The number of aromatic hydroxyl groups is 1. The van der Waals surface area contributed by atoms with E-state index in [9.17, 15) is 39.6 Å². The van der Waals surface area contributed by atoms with Gasteiger partial charge in [0.15, 0.2) is 11.4 Å². The molecule has 1 saturated carbocycles. The van der Waals surface area contributed by atoms with E-state index >= 15 is 0 Å². The van der Waals surface area contributed by atoms with Gasteiger partial charge in [-0.05, 0) is 57.5 Å². The Morgan fingerprint density at radius 2 is 1.84 bits per heavy atom. The number of nitrogens with one attached hydrogen (secondary N) is 2. The van der Waals surface area contributed by atoms with Gasteiger partial charge in [-0.3, -0.25) is 24.1 Å². The fraction of sp³-hybridized carbons (Fsp3) is 0.517. The first kappa shape index (κ1) is 31.9. The van der Waals surface area contributed by atoms with Crippen LogP contribution in [0.1, 0.15) is 24.0 Å². The summed E-state index contributed by atoms with van der Waals surface area (Å²) in [5.41, 5.74) is 2.42. The summed E-state index contributed by atoms with van der Waals surface area (Å²) in [7, 11) is 8.15. The summed E-state index contributed by atoms with van der Waals surface area (Å²) in [5.74, 6) is -7.83. The second kappa shape index (κ2) is 12.0. The lowest BCUT2D eigenvalue weighted by Crippen LogP contribution is -2.65. The number of phenols is 1. The lowest BCUT2D eigenvalue weighted by atomic mass is 9.57. The second-order valence-electron chi connectivity index (χ2n) is 11.6. The van der Waals surface area contributed by atoms with Gasteiger partial charge in [0.25, 0.3) is 5.91 Å². The number of nitrogens with two attached hydrogens (primary N) is 1. The van der Waals surface area contributed by atoms with Crippen molar-refractivity contribution in [2.75, 3.05) is 65.2 Å². The van der Waals surface area contributed by atoms with Crippen molar-refractivity contribution in [2.24, 2.45) is 17.6 Å². The number of methoxy groups -OCH3 is 1. The molecule has 0 bridgehead atoms. The van der Waals surface area contributed by atoms with Crippen molar-refractivity contribution in [1.82, 2.24) is 10.2 Å². The van der Waals surface area contributed by atoms with E-state index in [-0.39, 0.29) is 36.2 Å². The Kier molecular flexibility index (Phi) is 8.88. The number of primary amides is 1. The molecule has 14 nitrogen and oxygen atoms in total. The molecule has 0 heterocycles. The molecule has 0 spiro atoms. The number of amides is 2. The molecule has 1 aromatic rings. The van der Waals surface area contributed by atoms with Crippen LogP contribution in [-0.2, 0) is 30.3 Å². The van der Waals surface area contributed by atoms with Gasteiger partial charge in [-0.15, -0.1) is 0 Å². The molecule has 1 fully saturated rings. The van der Waals surface area contributed by atoms with Crippen LogP contribution in [0.5, 0.6) is 5.75 Å². The third kappa shape index (κ3) is 5.24. The molecule has 0 radical (unpaired) electrons. The Bertz CT molecular complexity index is 1430. The molecule has 3 unspecified atom stereocenters. The molecule has 2 amide bonds. The topological polar surface area (TPSA) is 215 Å². The summed E-state index contributed by atoms with van der Waals surface area (Å²) in [6.07, 6.45) is 0.801. The highest BCUT2D eigenvalue weighted by atomic mass is 16.5. The number of phenolic OH excluding ortho intramolecular Hbond substituents is 1. The lowest BCUT2D eigenvalue weighted by molar-refractivity contribution is -0.153. The number of rotatable bonds is 10. The van der Waals surface area contributed by atoms with E-state index in [2.05, 4.69) is 10.6 Å². The number of carbonyl (C=O) groups is 4. The molecular formula is C29H39N5O9. The van der Waals surface area contributed by atoms with Gasteiger partial charge >= 0.3 is 0 Å². The maximum absolute atomic E-state index is 14.1. The molecule has 8 N–H and O–H groups in total. The van der Waals surface area contributed by atoms with Crippen LogP contribution in [0.15, 0.2) is 23.0 Å². The van der Waals surface area contributed by atoms with Crippen molar-refractivity contribution in [3.8, 4) is 5.75 Å². The Balaban J connectivity index is 1.82. The van der Waals surface area contributed by atoms with Crippen molar-refractivity contribution in [3.63, 3.8) is 0 Å². The number of anilines is 2. The van der Waals surface area contributed by atoms with E-state index in [0.717, 1.165) is 0 Å². The number of Topliss-reactive ketones (excluding diaryl/α,β-unsaturated/α-hetero) is 2. The Morgan fingerprint density at radius 1 is 1.16 bits per heavy atom. The minimum Gasteiger partial charge on any atom is -0.508 e. The summed E-state index contributed by atoms with van der Waals surface area (Å²) < 4.78 is 4.98. The van der Waals surface area contributed by atoms with Crippen molar-refractivity contribution in [1.29, 1.82) is 0 Å².